The molecule has 0 saturated carbocycles. The summed E-state index contributed by atoms with van der Waals surface area (Å²) in [6.45, 7) is 1.73. The van der Waals surface area contributed by atoms with Crippen molar-refractivity contribution in [3.63, 3.8) is 0 Å². The number of hydrogen-bond donors (Lipinski definition) is 0. The molecule has 12 heteroatoms. The molecule has 0 spiro atoms. The fourth-order valence-electron chi connectivity index (χ4n) is 1.81. The maximum atomic E-state index is 13.9. The van der Waals surface area contributed by atoms with Gasteiger partial charge in [0.05, 0.1) is 20.7 Å². The van der Waals surface area contributed by atoms with Crippen molar-refractivity contribution in [2.24, 2.45) is 0 Å². The van der Waals surface area contributed by atoms with E-state index in [1.54, 1.807) is 6.92 Å². The maximum absolute atomic E-state index is 13.9. The Morgan fingerprint density at radius 1 is 1.23 bits per heavy atom. The highest BCUT2D eigenvalue weighted by Crippen LogP contribution is 2.38. The van der Waals surface area contributed by atoms with Crippen LogP contribution in [0.3, 0.4) is 0 Å². The van der Waals surface area contributed by atoms with Gasteiger partial charge in [-0.25, -0.2) is 4.39 Å². The van der Waals surface area contributed by atoms with Crippen LogP contribution in [0.1, 0.15) is 26.2 Å². The minimum absolute atomic E-state index is 0.0658. The van der Waals surface area contributed by atoms with Crippen LogP contribution in [0.5, 0.6) is 5.75 Å². The first-order chi connectivity index (χ1) is 11.8. The number of thioether (sulfide) groups is 1. The van der Waals surface area contributed by atoms with E-state index in [1.165, 1.54) is 0 Å². The molecular formula is C14H14ClF7O2S2. The van der Waals surface area contributed by atoms with Crippen LogP contribution in [-0.2, 0) is 10.8 Å². The summed E-state index contributed by atoms with van der Waals surface area (Å²) >= 11 is 5.11. The lowest BCUT2D eigenvalue weighted by atomic mass is 10.2. The van der Waals surface area contributed by atoms with Crippen molar-refractivity contribution in [1.82, 2.24) is 0 Å². The van der Waals surface area contributed by atoms with Gasteiger partial charge >= 0.3 is 11.7 Å². The van der Waals surface area contributed by atoms with Gasteiger partial charge < -0.3 is 4.74 Å². The first kappa shape index (κ1) is 23.4. The van der Waals surface area contributed by atoms with Crippen molar-refractivity contribution in [2.45, 2.75) is 48.2 Å². The molecule has 0 aliphatic rings. The number of hydrogen-bond acceptors (Lipinski definition) is 3. The molecule has 0 radical (unpaired) electrons. The molecule has 0 saturated heterocycles. The second kappa shape index (κ2) is 9.50. The summed E-state index contributed by atoms with van der Waals surface area (Å²) in [4.78, 5) is -0.563. The molecule has 1 aromatic carbocycles. The van der Waals surface area contributed by atoms with Gasteiger partial charge in [-0.2, -0.15) is 26.3 Å². The first-order valence-electron chi connectivity index (χ1n) is 7.17. The van der Waals surface area contributed by atoms with Crippen molar-refractivity contribution in [3.05, 3.63) is 23.0 Å². The molecule has 0 fully saturated rings. The molecule has 0 bridgehead atoms. The summed E-state index contributed by atoms with van der Waals surface area (Å²) in [5.74, 6) is -3.63. The lowest BCUT2D eigenvalue weighted by Gasteiger charge is -2.20. The Labute approximate surface area is 156 Å². The Kier molecular flexibility index (Phi) is 8.53. The molecule has 1 aromatic rings. The summed E-state index contributed by atoms with van der Waals surface area (Å²) in [5.41, 5.74) is -6.15. The molecule has 0 aliphatic carbocycles. The maximum Gasteiger partial charge on any atom is 0.445 e. The van der Waals surface area contributed by atoms with Crippen molar-refractivity contribution < 1.29 is 39.7 Å². The normalized spacial score (nSPS) is 15.0. The predicted octanol–water partition coefficient (Wildman–Crippen LogP) is 6.30. The second-order valence-electron chi connectivity index (χ2n) is 5.07. The molecule has 2 nitrogen and oxygen atoms in total. The zero-order chi connectivity index (χ0) is 20.1. The number of unbranched alkanes of at least 4 members (excludes halogenated alkanes) is 1. The van der Waals surface area contributed by atoms with Crippen LogP contribution in [0.2, 0.25) is 5.02 Å². The van der Waals surface area contributed by atoms with Crippen LogP contribution in [0, 0.1) is 5.82 Å². The highest BCUT2D eigenvalue weighted by molar-refractivity contribution is 8.00. The Morgan fingerprint density at radius 2 is 1.85 bits per heavy atom. The van der Waals surface area contributed by atoms with E-state index in [4.69, 9.17) is 16.3 Å². The zero-order valence-electron chi connectivity index (χ0n) is 13.2. The third kappa shape index (κ3) is 8.34. The summed E-state index contributed by atoms with van der Waals surface area (Å²) in [7, 11) is -2.65. The van der Waals surface area contributed by atoms with E-state index in [0.717, 1.165) is 0 Å². The Hall–Kier alpha value is -0.680. The fraction of sp³-hybridized carbons (Fsp3) is 0.571. The molecule has 150 valence electrons. The monoisotopic (exact) mass is 446 g/mol. The Bertz CT molecular complexity index is 635. The van der Waals surface area contributed by atoms with Gasteiger partial charge in [-0.1, -0.05) is 24.9 Å². The zero-order valence-corrected chi connectivity index (χ0v) is 15.6. The van der Waals surface area contributed by atoms with Crippen LogP contribution >= 0.6 is 23.4 Å². The van der Waals surface area contributed by atoms with Gasteiger partial charge in [0.2, 0.25) is 0 Å². The number of alkyl halides is 6. The highest BCUT2D eigenvalue weighted by atomic mass is 35.5. The number of rotatable bonds is 8. The van der Waals surface area contributed by atoms with Crippen molar-refractivity contribution in [2.75, 3.05) is 5.75 Å². The van der Waals surface area contributed by atoms with Gasteiger partial charge in [0.15, 0.2) is 17.0 Å². The largest absolute Gasteiger partial charge is 0.476 e. The third-order valence-corrected chi connectivity index (χ3v) is 5.55. The number of halogens is 8. The quantitative estimate of drug-likeness (QED) is 0.346. The topological polar surface area (TPSA) is 26.3 Å². The van der Waals surface area contributed by atoms with E-state index in [2.05, 4.69) is 0 Å². The molecule has 0 aliphatic heterocycles. The SMILES string of the molecule is CCCCC(Oc1cc(S(=O)CC(F)(F)F)c(Cl)cc1F)SC(F)(F)F. The standard InChI is InChI=1S/C14H14ClF7O2S2/c1-2-3-4-12(25-14(20,21)22)24-10-6-11(8(15)5-9(10)16)26(23)7-13(17,18)19/h5-6,12H,2-4,7H2,1H3. The molecule has 1 rings (SSSR count). The second-order valence-corrected chi connectivity index (χ2v) is 8.12. The molecule has 0 heterocycles. The van der Waals surface area contributed by atoms with Crippen LogP contribution in [-0.4, -0.2) is 27.1 Å². The van der Waals surface area contributed by atoms with Crippen molar-refractivity contribution in [1.29, 1.82) is 0 Å². The number of benzene rings is 1. The van der Waals surface area contributed by atoms with E-state index in [1.807, 2.05) is 0 Å². The molecule has 0 aromatic heterocycles. The molecule has 26 heavy (non-hydrogen) atoms. The first-order valence-corrected chi connectivity index (χ1v) is 9.75. The number of ether oxygens (including phenoxy) is 1. The molecule has 0 amide bonds. The van der Waals surface area contributed by atoms with Crippen LogP contribution in [0.15, 0.2) is 17.0 Å². The van der Waals surface area contributed by atoms with Gasteiger partial charge in [0.1, 0.15) is 5.75 Å². The molecule has 2 unspecified atom stereocenters. The molecular weight excluding hydrogens is 433 g/mol. The Balaban J connectivity index is 3.09. The van der Waals surface area contributed by atoms with Crippen LogP contribution in [0.25, 0.3) is 0 Å². The van der Waals surface area contributed by atoms with E-state index < -0.39 is 66.9 Å². The summed E-state index contributed by atoms with van der Waals surface area (Å²) < 4.78 is 106. The van der Waals surface area contributed by atoms with Crippen molar-refractivity contribution >= 4 is 34.2 Å². The lowest BCUT2D eigenvalue weighted by molar-refractivity contribution is -0.105. The van der Waals surface area contributed by atoms with Gasteiger partial charge in [-0.15, -0.1) is 0 Å². The van der Waals surface area contributed by atoms with Gasteiger partial charge in [-0.05, 0) is 30.7 Å². The summed E-state index contributed by atoms with van der Waals surface area (Å²) in [6.07, 6.45) is -3.92. The highest BCUT2D eigenvalue weighted by Gasteiger charge is 2.35. The van der Waals surface area contributed by atoms with E-state index >= 15 is 0 Å². The average Bonchev–Trinajstić information content (AvgIpc) is 2.43. The van der Waals surface area contributed by atoms with Gasteiger partial charge in [0.25, 0.3) is 0 Å². The minimum Gasteiger partial charge on any atom is -0.476 e. The van der Waals surface area contributed by atoms with Gasteiger partial charge in [0, 0.05) is 6.07 Å². The van der Waals surface area contributed by atoms with E-state index in [-0.39, 0.29) is 6.42 Å². The third-order valence-electron chi connectivity index (χ3n) is 2.84. The summed E-state index contributed by atoms with van der Waals surface area (Å²) in [5, 5.41) is -0.536. The fourth-order valence-corrected chi connectivity index (χ4v) is 3.92. The van der Waals surface area contributed by atoms with Crippen molar-refractivity contribution in [3.8, 4) is 5.75 Å². The van der Waals surface area contributed by atoms with Gasteiger partial charge in [-0.3, -0.25) is 4.21 Å². The van der Waals surface area contributed by atoms with Crippen LogP contribution < -0.4 is 4.74 Å². The minimum atomic E-state index is -4.76. The van der Waals surface area contributed by atoms with E-state index in [9.17, 15) is 34.9 Å². The average molecular weight is 447 g/mol. The van der Waals surface area contributed by atoms with Crippen LogP contribution in [0.4, 0.5) is 30.7 Å². The Morgan fingerprint density at radius 3 is 2.35 bits per heavy atom. The smallest absolute Gasteiger partial charge is 0.445 e. The van der Waals surface area contributed by atoms with E-state index in [0.29, 0.717) is 25.0 Å². The summed E-state index contributed by atoms with van der Waals surface area (Å²) in [6, 6.07) is 1.21. The molecule has 0 N–H and O–H groups in total. The molecule has 2 atom stereocenters. The lowest BCUT2D eigenvalue weighted by Crippen LogP contribution is -2.20. The predicted molar refractivity (Wildman–Crippen MR) is 86.3 cm³/mol.